The molecule has 1 aromatic rings. The zero-order valence-corrected chi connectivity index (χ0v) is 19.2. The summed E-state index contributed by atoms with van der Waals surface area (Å²) >= 11 is 0. The summed E-state index contributed by atoms with van der Waals surface area (Å²) in [6.07, 6.45) is 5.09. The molecule has 0 bridgehead atoms. The highest BCUT2D eigenvalue weighted by molar-refractivity contribution is 5.43. The van der Waals surface area contributed by atoms with Crippen molar-refractivity contribution in [3.8, 4) is 11.5 Å². The van der Waals surface area contributed by atoms with Crippen LogP contribution in [0.1, 0.15) is 45.1 Å². The third kappa shape index (κ3) is 6.58. The number of piperazine rings is 1. The van der Waals surface area contributed by atoms with Gasteiger partial charge in [-0.3, -0.25) is 9.80 Å². The zero-order chi connectivity index (χ0) is 21.3. The minimum Gasteiger partial charge on any atom is -0.493 e. The first-order chi connectivity index (χ1) is 14.6. The van der Waals surface area contributed by atoms with E-state index in [-0.39, 0.29) is 6.61 Å². The van der Waals surface area contributed by atoms with Crippen molar-refractivity contribution in [1.29, 1.82) is 0 Å². The third-order valence-corrected chi connectivity index (χ3v) is 6.68. The van der Waals surface area contributed by atoms with Crippen molar-refractivity contribution in [2.45, 2.75) is 58.2 Å². The van der Waals surface area contributed by atoms with Gasteiger partial charge in [-0.25, -0.2) is 0 Å². The minimum absolute atomic E-state index is 0.273. The Morgan fingerprint density at radius 2 is 1.77 bits per heavy atom. The van der Waals surface area contributed by atoms with E-state index in [0.717, 1.165) is 44.5 Å². The summed E-state index contributed by atoms with van der Waals surface area (Å²) in [7, 11) is 1.68. The van der Waals surface area contributed by atoms with Crippen molar-refractivity contribution >= 4 is 0 Å². The summed E-state index contributed by atoms with van der Waals surface area (Å²) in [4.78, 5) is 7.43. The van der Waals surface area contributed by atoms with E-state index < -0.39 is 6.10 Å². The first kappa shape index (κ1) is 23.3. The smallest absolute Gasteiger partial charge is 0.161 e. The molecule has 6 nitrogen and oxygen atoms in total. The second kappa shape index (κ2) is 11.9. The minimum atomic E-state index is -0.509. The van der Waals surface area contributed by atoms with Crippen molar-refractivity contribution < 1.29 is 14.6 Å². The van der Waals surface area contributed by atoms with Gasteiger partial charge in [-0.1, -0.05) is 32.8 Å². The van der Waals surface area contributed by atoms with Gasteiger partial charge < -0.3 is 19.5 Å². The van der Waals surface area contributed by atoms with Crippen molar-refractivity contribution in [2.24, 2.45) is 0 Å². The summed E-state index contributed by atoms with van der Waals surface area (Å²) in [6, 6.07) is 7.02. The first-order valence-electron chi connectivity index (χ1n) is 11.8. The largest absolute Gasteiger partial charge is 0.493 e. The molecule has 2 aliphatic rings. The maximum Gasteiger partial charge on any atom is 0.161 e. The molecule has 3 rings (SSSR count). The lowest BCUT2D eigenvalue weighted by Gasteiger charge is -2.38. The predicted molar refractivity (Wildman–Crippen MR) is 121 cm³/mol. The Kier molecular flexibility index (Phi) is 9.25. The SMILES string of the molecule is CCN(CC)CC(O)COc1ccc(CN2CCN(C3CCCC3)CC2)cc1OC. The maximum absolute atomic E-state index is 10.3. The fourth-order valence-electron chi connectivity index (χ4n) is 4.76. The molecule has 6 heteroatoms. The summed E-state index contributed by atoms with van der Waals surface area (Å²) in [5.41, 5.74) is 1.25. The number of ether oxygens (including phenoxy) is 2. The fourth-order valence-corrected chi connectivity index (χ4v) is 4.76. The molecule has 0 aromatic heterocycles. The Morgan fingerprint density at radius 1 is 1.07 bits per heavy atom. The molecule has 1 aliphatic heterocycles. The molecular weight excluding hydrogens is 378 g/mol. The van der Waals surface area contributed by atoms with Crippen LogP contribution < -0.4 is 9.47 Å². The van der Waals surface area contributed by atoms with Gasteiger partial charge in [0, 0.05) is 45.3 Å². The number of likely N-dealkylation sites (N-methyl/N-ethyl adjacent to an activating group) is 1. The van der Waals surface area contributed by atoms with Gasteiger partial charge in [0.2, 0.25) is 0 Å². The fraction of sp³-hybridized carbons (Fsp3) is 0.750. The summed E-state index contributed by atoms with van der Waals surface area (Å²) in [5, 5.41) is 10.3. The monoisotopic (exact) mass is 419 g/mol. The van der Waals surface area contributed by atoms with Gasteiger partial charge in [0.15, 0.2) is 11.5 Å². The average molecular weight is 420 g/mol. The second-order valence-electron chi connectivity index (χ2n) is 8.69. The molecule has 2 fully saturated rings. The van der Waals surface area contributed by atoms with Crippen molar-refractivity contribution in [1.82, 2.24) is 14.7 Å². The summed E-state index contributed by atoms with van der Waals surface area (Å²) in [6.45, 7) is 12.6. The zero-order valence-electron chi connectivity index (χ0n) is 19.2. The van der Waals surface area contributed by atoms with Crippen molar-refractivity contribution in [3.63, 3.8) is 0 Å². The van der Waals surface area contributed by atoms with Crippen LogP contribution >= 0.6 is 0 Å². The van der Waals surface area contributed by atoms with E-state index >= 15 is 0 Å². The number of nitrogens with zero attached hydrogens (tertiary/aromatic N) is 3. The molecule has 0 spiro atoms. The van der Waals surface area contributed by atoms with E-state index in [9.17, 15) is 5.11 Å². The molecule has 1 saturated heterocycles. The van der Waals surface area contributed by atoms with Gasteiger partial charge in [-0.05, 0) is 43.6 Å². The van der Waals surface area contributed by atoms with Crippen LogP contribution in [-0.2, 0) is 6.54 Å². The molecule has 1 saturated carbocycles. The topological polar surface area (TPSA) is 48.4 Å². The molecule has 170 valence electrons. The van der Waals surface area contributed by atoms with E-state index in [2.05, 4.69) is 40.7 Å². The van der Waals surface area contributed by atoms with Crippen LogP contribution in [0.25, 0.3) is 0 Å². The van der Waals surface area contributed by atoms with E-state index in [0.29, 0.717) is 12.3 Å². The van der Waals surface area contributed by atoms with Gasteiger partial charge >= 0.3 is 0 Å². The highest BCUT2D eigenvalue weighted by Crippen LogP contribution is 2.29. The molecule has 1 heterocycles. The van der Waals surface area contributed by atoms with Gasteiger partial charge in [0.1, 0.15) is 12.7 Å². The quantitative estimate of drug-likeness (QED) is 0.595. The number of aliphatic hydroxyl groups excluding tert-OH is 1. The molecule has 0 radical (unpaired) electrons. The molecule has 0 amide bonds. The van der Waals surface area contributed by atoms with Crippen molar-refractivity contribution in [2.75, 3.05) is 59.5 Å². The molecule has 1 unspecified atom stereocenters. The van der Waals surface area contributed by atoms with E-state index in [4.69, 9.17) is 9.47 Å². The molecule has 1 aliphatic carbocycles. The number of rotatable bonds is 11. The molecule has 1 aromatic carbocycles. The Morgan fingerprint density at radius 3 is 2.40 bits per heavy atom. The van der Waals surface area contributed by atoms with Gasteiger partial charge in [-0.15, -0.1) is 0 Å². The van der Waals surface area contributed by atoms with Gasteiger partial charge in [-0.2, -0.15) is 0 Å². The first-order valence-corrected chi connectivity index (χ1v) is 11.8. The van der Waals surface area contributed by atoms with Crippen molar-refractivity contribution in [3.05, 3.63) is 23.8 Å². The molecule has 1 atom stereocenters. The summed E-state index contributed by atoms with van der Waals surface area (Å²) in [5.74, 6) is 1.44. The van der Waals surface area contributed by atoms with Crippen LogP contribution in [0.15, 0.2) is 18.2 Å². The van der Waals surface area contributed by atoms with Crippen LogP contribution in [0.4, 0.5) is 0 Å². The number of hydrogen-bond donors (Lipinski definition) is 1. The molecule has 1 N–H and O–H groups in total. The van der Waals surface area contributed by atoms with Crippen LogP contribution in [0.2, 0.25) is 0 Å². The highest BCUT2D eigenvalue weighted by atomic mass is 16.5. The Balaban J connectivity index is 1.48. The van der Waals surface area contributed by atoms with Crippen LogP contribution in [0, 0.1) is 0 Å². The van der Waals surface area contributed by atoms with Crippen LogP contribution in [0.3, 0.4) is 0 Å². The van der Waals surface area contributed by atoms with Crippen LogP contribution in [0.5, 0.6) is 11.5 Å². The average Bonchev–Trinajstić information content (AvgIpc) is 3.32. The van der Waals surface area contributed by atoms with Gasteiger partial charge in [0.05, 0.1) is 7.11 Å². The normalized spacial score (nSPS) is 20.0. The molecular formula is C24H41N3O3. The number of hydrogen-bond acceptors (Lipinski definition) is 6. The standard InChI is InChI=1S/C24H41N3O3/c1-4-25(5-2)18-22(28)19-30-23-11-10-20(16-24(23)29-3)17-26-12-14-27(15-13-26)21-8-6-7-9-21/h10-11,16,21-22,28H,4-9,12-15,17-19H2,1-3H3. The Bertz CT molecular complexity index is 624. The lowest BCUT2D eigenvalue weighted by Crippen LogP contribution is -2.49. The van der Waals surface area contributed by atoms with E-state index in [1.54, 1.807) is 7.11 Å². The second-order valence-corrected chi connectivity index (χ2v) is 8.69. The lowest BCUT2D eigenvalue weighted by molar-refractivity contribution is 0.0705. The number of benzene rings is 1. The Hall–Kier alpha value is -1.34. The third-order valence-electron chi connectivity index (χ3n) is 6.68. The Labute approximate surface area is 182 Å². The highest BCUT2D eigenvalue weighted by Gasteiger charge is 2.26. The lowest BCUT2D eigenvalue weighted by atomic mass is 10.1. The van der Waals surface area contributed by atoms with Gasteiger partial charge in [0.25, 0.3) is 0 Å². The molecule has 30 heavy (non-hydrogen) atoms. The van der Waals surface area contributed by atoms with E-state index in [1.807, 2.05) is 6.07 Å². The summed E-state index contributed by atoms with van der Waals surface area (Å²) < 4.78 is 11.4. The maximum atomic E-state index is 10.3. The predicted octanol–water partition coefficient (Wildman–Crippen LogP) is 2.84. The van der Waals surface area contributed by atoms with E-state index in [1.165, 1.54) is 44.3 Å². The number of methoxy groups -OCH3 is 1. The van der Waals surface area contributed by atoms with Crippen LogP contribution in [-0.4, -0.2) is 91.5 Å². The number of aliphatic hydroxyl groups is 1.